The molecule has 0 saturated heterocycles. The molecule has 1 N–H and O–H groups in total. The molecule has 0 atom stereocenters. The van der Waals surface area contributed by atoms with Gasteiger partial charge in [0.25, 0.3) is 0 Å². The van der Waals surface area contributed by atoms with E-state index in [2.05, 4.69) is 18.6 Å². The number of rotatable bonds is 7. The monoisotopic (exact) mass is 289 g/mol. The van der Waals surface area contributed by atoms with Crippen LogP contribution in [-0.4, -0.2) is 20.1 Å². The van der Waals surface area contributed by atoms with Gasteiger partial charge in [0.2, 0.25) is 10.0 Å². The van der Waals surface area contributed by atoms with Crippen LogP contribution in [0.5, 0.6) is 0 Å². The number of sulfonamides is 1. The van der Waals surface area contributed by atoms with Crippen LogP contribution in [0.3, 0.4) is 0 Å². The Kier molecular flexibility index (Phi) is 5.96. The van der Waals surface area contributed by atoms with E-state index in [-0.39, 0.29) is 5.75 Å². The first-order valence-electron chi connectivity index (χ1n) is 6.11. The minimum atomic E-state index is -3.25. The van der Waals surface area contributed by atoms with Crippen molar-refractivity contribution >= 4 is 27.3 Å². The first kappa shape index (κ1) is 15.3. The van der Waals surface area contributed by atoms with Crippen LogP contribution >= 0.6 is 11.6 Å². The molecule has 0 heterocycles. The summed E-state index contributed by atoms with van der Waals surface area (Å²) < 4.78 is 26.1. The fraction of sp³-hybridized carbons (Fsp3) is 0.538. The van der Waals surface area contributed by atoms with Gasteiger partial charge < -0.3 is 0 Å². The second-order valence-electron chi connectivity index (χ2n) is 4.59. The van der Waals surface area contributed by atoms with Crippen molar-refractivity contribution in [3.8, 4) is 0 Å². The number of benzene rings is 1. The lowest BCUT2D eigenvalue weighted by atomic mass is 10.0. The molecule has 102 valence electrons. The zero-order valence-electron chi connectivity index (χ0n) is 10.8. The molecule has 0 unspecified atom stereocenters. The van der Waals surface area contributed by atoms with Gasteiger partial charge in [0.05, 0.1) is 5.75 Å². The predicted molar refractivity (Wildman–Crippen MR) is 77.9 cm³/mol. The first-order chi connectivity index (χ1) is 8.44. The molecule has 0 saturated carbocycles. The standard InChI is InChI=1S/C13H20ClNO2S/c1-11(2)12-5-7-13(8-6-12)15-18(16,17)10-4-3-9-14/h5-8,11,15H,3-4,9-10H2,1-2H3. The van der Waals surface area contributed by atoms with Crippen LogP contribution in [0.2, 0.25) is 0 Å². The van der Waals surface area contributed by atoms with Crippen molar-refractivity contribution in [2.24, 2.45) is 0 Å². The fourth-order valence-electron chi connectivity index (χ4n) is 1.55. The lowest BCUT2D eigenvalue weighted by Gasteiger charge is -2.09. The third-order valence-corrected chi connectivity index (χ3v) is 4.29. The van der Waals surface area contributed by atoms with Gasteiger partial charge in [0, 0.05) is 11.6 Å². The smallest absolute Gasteiger partial charge is 0.232 e. The summed E-state index contributed by atoms with van der Waals surface area (Å²) in [5.74, 6) is 1.06. The molecular formula is C13H20ClNO2S. The van der Waals surface area contributed by atoms with E-state index < -0.39 is 10.0 Å². The molecule has 18 heavy (non-hydrogen) atoms. The van der Waals surface area contributed by atoms with Crippen molar-refractivity contribution < 1.29 is 8.42 Å². The van der Waals surface area contributed by atoms with Crippen LogP contribution in [0.4, 0.5) is 5.69 Å². The molecule has 0 bridgehead atoms. The zero-order chi connectivity index (χ0) is 13.6. The molecule has 1 aromatic rings. The highest BCUT2D eigenvalue weighted by atomic mass is 35.5. The van der Waals surface area contributed by atoms with Gasteiger partial charge in [-0.2, -0.15) is 0 Å². The Morgan fingerprint density at radius 3 is 2.28 bits per heavy atom. The van der Waals surface area contributed by atoms with Crippen LogP contribution < -0.4 is 4.72 Å². The van der Waals surface area contributed by atoms with Crippen molar-refractivity contribution in [2.75, 3.05) is 16.4 Å². The largest absolute Gasteiger partial charge is 0.284 e. The molecule has 0 aliphatic rings. The number of alkyl halides is 1. The molecule has 0 radical (unpaired) electrons. The molecule has 0 aliphatic heterocycles. The Morgan fingerprint density at radius 1 is 1.17 bits per heavy atom. The molecule has 0 fully saturated rings. The molecule has 1 rings (SSSR count). The number of anilines is 1. The van der Waals surface area contributed by atoms with Crippen molar-refractivity contribution in [1.82, 2.24) is 0 Å². The minimum Gasteiger partial charge on any atom is -0.284 e. The number of hydrogen-bond acceptors (Lipinski definition) is 2. The summed E-state index contributed by atoms with van der Waals surface area (Å²) in [7, 11) is -3.25. The highest BCUT2D eigenvalue weighted by Crippen LogP contribution is 2.18. The lowest BCUT2D eigenvalue weighted by molar-refractivity contribution is 0.598. The maximum atomic E-state index is 11.7. The zero-order valence-corrected chi connectivity index (χ0v) is 12.4. The molecular weight excluding hydrogens is 270 g/mol. The first-order valence-corrected chi connectivity index (χ1v) is 8.29. The molecule has 1 aromatic carbocycles. The fourth-order valence-corrected chi connectivity index (χ4v) is 2.92. The number of halogens is 1. The van der Waals surface area contributed by atoms with Gasteiger partial charge in [-0.3, -0.25) is 4.72 Å². The van der Waals surface area contributed by atoms with Crippen LogP contribution in [-0.2, 0) is 10.0 Å². The molecule has 0 aromatic heterocycles. The van der Waals surface area contributed by atoms with Crippen LogP contribution in [0.1, 0.15) is 38.2 Å². The van der Waals surface area contributed by atoms with Gasteiger partial charge in [-0.05, 0) is 36.5 Å². The number of nitrogens with one attached hydrogen (secondary N) is 1. The normalized spacial score (nSPS) is 11.8. The summed E-state index contributed by atoms with van der Waals surface area (Å²) in [4.78, 5) is 0. The summed E-state index contributed by atoms with van der Waals surface area (Å²) in [5.41, 5.74) is 1.81. The van der Waals surface area contributed by atoms with Crippen molar-refractivity contribution in [3.63, 3.8) is 0 Å². The highest BCUT2D eigenvalue weighted by molar-refractivity contribution is 7.92. The number of hydrogen-bond donors (Lipinski definition) is 1. The molecule has 0 aliphatic carbocycles. The SMILES string of the molecule is CC(C)c1ccc(NS(=O)(=O)CCCCCl)cc1. The van der Waals surface area contributed by atoms with Gasteiger partial charge in [0.1, 0.15) is 0 Å². The maximum Gasteiger partial charge on any atom is 0.232 e. The average molecular weight is 290 g/mol. The van der Waals surface area contributed by atoms with E-state index in [1.165, 1.54) is 5.56 Å². The van der Waals surface area contributed by atoms with E-state index in [4.69, 9.17) is 11.6 Å². The lowest BCUT2D eigenvalue weighted by Crippen LogP contribution is -2.16. The third kappa shape index (κ3) is 5.27. The Bertz CT molecular complexity index is 454. The molecule has 5 heteroatoms. The Hall–Kier alpha value is -0.740. The Balaban J connectivity index is 2.61. The van der Waals surface area contributed by atoms with E-state index in [0.717, 1.165) is 6.42 Å². The van der Waals surface area contributed by atoms with Crippen molar-refractivity contribution in [1.29, 1.82) is 0 Å². The number of unbranched alkanes of at least 4 members (excludes halogenated alkanes) is 1. The highest BCUT2D eigenvalue weighted by Gasteiger charge is 2.10. The van der Waals surface area contributed by atoms with E-state index >= 15 is 0 Å². The second-order valence-corrected chi connectivity index (χ2v) is 6.81. The topological polar surface area (TPSA) is 46.2 Å². The molecule has 0 spiro atoms. The predicted octanol–water partition coefficient (Wildman–Crippen LogP) is 3.57. The van der Waals surface area contributed by atoms with Crippen LogP contribution in [0.15, 0.2) is 24.3 Å². The van der Waals surface area contributed by atoms with Crippen molar-refractivity contribution in [2.45, 2.75) is 32.6 Å². The summed E-state index contributed by atoms with van der Waals surface area (Å²) in [6, 6.07) is 7.49. The van der Waals surface area contributed by atoms with Gasteiger partial charge in [-0.1, -0.05) is 26.0 Å². The van der Waals surface area contributed by atoms with Gasteiger partial charge in [-0.15, -0.1) is 11.6 Å². The van der Waals surface area contributed by atoms with Crippen molar-refractivity contribution in [3.05, 3.63) is 29.8 Å². The van der Waals surface area contributed by atoms with Crippen LogP contribution in [0.25, 0.3) is 0 Å². The van der Waals surface area contributed by atoms with Gasteiger partial charge >= 0.3 is 0 Å². The minimum absolute atomic E-state index is 0.117. The Morgan fingerprint density at radius 2 is 1.78 bits per heavy atom. The summed E-state index contributed by atoms with van der Waals surface area (Å²) in [5, 5.41) is 0. The van der Waals surface area contributed by atoms with Gasteiger partial charge in [-0.25, -0.2) is 8.42 Å². The summed E-state index contributed by atoms with van der Waals surface area (Å²) in [6.07, 6.45) is 1.30. The third-order valence-electron chi connectivity index (χ3n) is 2.65. The maximum absolute atomic E-state index is 11.7. The van der Waals surface area contributed by atoms with E-state index in [1.54, 1.807) is 12.1 Å². The van der Waals surface area contributed by atoms with E-state index in [0.29, 0.717) is 23.9 Å². The summed E-state index contributed by atoms with van der Waals surface area (Å²) in [6.45, 7) is 4.21. The van der Waals surface area contributed by atoms with E-state index in [9.17, 15) is 8.42 Å². The molecule has 0 amide bonds. The average Bonchev–Trinajstić information content (AvgIpc) is 2.29. The molecule has 3 nitrogen and oxygen atoms in total. The van der Waals surface area contributed by atoms with E-state index in [1.807, 2.05) is 12.1 Å². The van der Waals surface area contributed by atoms with Crippen LogP contribution in [0, 0.1) is 0 Å². The summed E-state index contributed by atoms with van der Waals surface area (Å²) >= 11 is 5.52. The Labute approximate surface area is 115 Å². The second kappa shape index (κ2) is 7.00. The van der Waals surface area contributed by atoms with Gasteiger partial charge in [0.15, 0.2) is 0 Å². The quantitative estimate of drug-likeness (QED) is 0.616.